The molecule has 0 radical (unpaired) electrons. The van der Waals surface area contributed by atoms with Gasteiger partial charge >= 0.3 is 0 Å². The van der Waals surface area contributed by atoms with Crippen LogP contribution >= 0.6 is 0 Å². The summed E-state index contributed by atoms with van der Waals surface area (Å²) >= 11 is 0. The summed E-state index contributed by atoms with van der Waals surface area (Å²) in [5.74, 6) is -0.366. The van der Waals surface area contributed by atoms with E-state index in [1.165, 1.54) is 6.07 Å². The highest BCUT2D eigenvalue weighted by Gasteiger charge is 2.30. The molecule has 0 saturated carbocycles. The Kier molecular flexibility index (Phi) is 3.76. The van der Waals surface area contributed by atoms with Crippen molar-refractivity contribution in [3.8, 4) is 0 Å². The van der Waals surface area contributed by atoms with E-state index in [4.69, 9.17) is 4.74 Å². The predicted octanol–water partition coefficient (Wildman–Crippen LogP) is 1.41. The van der Waals surface area contributed by atoms with Crippen LogP contribution in [0.25, 0.3) is 0 Å². The topological polar surface area (TPSA) is 41.5 Å². The zero-order valence-electron chi connectivity index (χ0n) is 9.95. The van der Waals surface area contributed by atoms with Crippen molar-refractivity contribution >= 4 is 0 Å². The molecule has 4 heteroatoms. The number of ether oxygens (including phenoxy) is 1. The monoisotopic (exact) mass is 239 g/mol. The highest BCUT2D eigenvalue weighted by molar-refractivity contribution is 5.23. The molecule has 0 aliphatic carbocycles. The van der Waals surface area contributed by atoms with Crippen LogP contribution in [0.15, 0.2) is 24.3 Å². The summed E-state index contributed by atoms with van der Waals surface area (Å²) in [6.07, 6.45) is 0.438. The van der Waals surface area contributed by atoms with Crippen molar-refractivity contribution in [3.63, 3.8) is 0 Å². The molecule has 1 aromatic carbocycles. The van der Waals surface area contributed by atoms with Crippen LogP contribution in [-0.4, -0.2) is 30.9 Å². The van der Waals surface area contributed by atoms with Crippen LogP contribution in [0.1, 0.15) is 18.9 Å². The van der Waals surface area contributed by atoms with E-state index >= 15 is 0 Å². The molecular weight excluding hydrogens is 221 g/mol. The van der Waals surface area contributed by atoms with Crippen LogP contribution in [-0.2, 0) is 10.3 Å². The van der Waals surface area contributed by atoms with Gasteiger partial charge in [0, 0.05) is 18.2 Å². The van der Waals surface area contributed by atoms with Crippen molar-refractivity contribution in [2.24, 2.45) is 0 Å². The fourth-order valence-electron chi connectivity index (χ4n) is 2.24. The van der Waals surface area contributed by atoms with Crippen molar-refractivity contribution in [2.45, 2.75) is 25.0 Å². The summed E-state index contributed by atoms with van der Waals surface area (Å²) in [6, 6.07) is 6.42. The second kappa shape index (κ2) is 5.12. The third-order valence-electron chi connectivity index (χ3n) is 3.10. The van der Waals surface area contributed by atoms with Gasteiger partial charge in [0.2, 0.25) is 0 Å². The Morgan fingerprint density at radius 1 is 1.53 bits per heavy atom. The molecule has 1 aliphatic heterocycles. The molecule has 1 aromatic rings. The van der Waals surface area contributed by atoms with Crippen LogP contribution in [0, 0.1) is 5.82 Å². The standard InChI is InChI=1S/C13H18FNO2/c1-13(16,8-10-9-17-7-6-15-10)11-4-2-3-5-12(11)14/h2-5,10,15-16H,6-9H2,1H3. The first-order valence-corrected chi connectivity index (χ1v) is 5.88. The minimum Gasteiger partial charge on any atom is -0.385 e. The zero-order valence-corrected chi connectivity index (χ0v) is 9.95. The molecule has 1 fully saturated rings. The Labute approximate surface area is 101 Å². The fourth-order valence-corrected chi connectivity index (χ4v) is 2.24. The zero-order chi connectivity index (χ0) is 12.3. The molecule has 1 aliphatic rings. The number of benzene rings is 1. The normalized spacial score (nSPS) is 24.3. The van der Waals surface area contributed by atoms with Gasteiger partial charge in [-0.2, -0.15) is 0 Å². The summed E-state index contributed by atoms with van der Waals surface area (Å²) in [4.78, 5) is 0. The molecule has 1 saturated heterocycles. The molecule has 2 N–H and O–H groups in total. The molecule has 0 spiro atoms. The largest absolute Gasteiger partial charge is 0.385 e. The first-order chi connectivity index (χ1) is 8.09. The molecule has 0 amide bonds. The van der Waals surface area contributed by atoms with Crippen molar-refractivity contribution in [2.75, 3.05) is 19.8 Å². The molecule has 2 atom stereocenters. The SMILES string of the molecule is CC(O)(CC1COCCN1)c1ccccc1F. The molecule has 0 aromatic heterocycles. The average Bonchev–Trinajstić information content (AvgIpc) is 2.30. The van der Waals surface area contributed by atoms with Crippen molar-refractivity contribution in [1.82, 2.24) is 5.32 Å². The van der Waals surface area contributed by atoms with Gasteiger partial charge < -0.3 is 15.2 Å². The van der Waals surface area contributed by atoms with Crippen LogP contribution in [0.5, 0.6) is 0 Å². The average molecular weight is 239 g/mol. The number of nitrogens with one attached hydrogen (secondary N) is 1. The number of morpholine rings is 1. The van der Waals surface area contributed by atoms with E-state index in [0.717, 1.165) is 6.54 Å². The number of aliphatic hydroxyl groups is 1. The molecule has 17 heavy (non-hydrogen) atoms. The fraction of sp³-hybridized carbons (Fsp3) is 0.538. The summed E-state index contributed by atoms with van der Waals surface area (Å²) < 4.78 is 19.0. The van der Waals surface area contributed by atoms with Gasteiger partial charge in [-0.05, 0) is 19.4 Å². The van der Waals surface area contributed by atoms with Crippen molar-refractivity contribution in [3.05, 3.63) is 35.6 Å². The third-order valence-corrected chi connectivity index (χ3v) is 3.10. The number of rotatable bonds is 3. The summed E-state index contributed by atoms with van der Waals surface area (Å²) in [5.41, 5.74) is -0.837. The van der Waals surface area contributed by atoms with Crippen molar-refractivity contribution < 1.29 is 14.2 Å². The van der Waals surface area contributed by atoms with Gasteiger partial charge in [0.1, 0.15) is 5.82 Å². The lowest BCUT2D eigenvalue weighted by Crippen LogP contribution is -2.45. The van der Waals surface area contributed by atoms with E-state index in [0.29, 0.717) is 25.2 Å². The van der Waals surface area contributed by atoms with Gasteiger partial charge in [0.15, 0.2) is 0 Å². The smallest absolute Gasteiger partial charge is 0.129 e. The maximum Gasteiger partial charge on any atom is 0.129 e. The first-order valence-electron chi connectivity index (χ1n) is 5.88. The summed E-state index contributed by atoms with van der Waals surface area (Å²) in [7, 11) is 0. The van der Waals surface area contributed by atoms with Crippen LogP contribution in [0.4, 0.5) is 4.39 Å². The number of hydrogen-bond acceptors (Lipinski definition) is 3. The highest BCUT2D eigenvalue weighted by Crippen LogP contribution is 2.28. The number of hydrogen-bond donors (Lipinski definition) is 2. The second-order valence-electron chi connectivity index (χ2n) is 4.68. The van der Waals surface area contributed by atoms with E-state index in [1.807, 2.05) is 0 Å². The molecule has 2 unspecified atom stereocenters. The van der Waals surface area contributed by atoms with Crippen LogP contribution < -0.4 is 5.32 Å². The Hall–Kier alpha value is -0.970. The quantitative estimate of drug-likeness (QED) is 0.838. The van der Waals surface area contributed by atoms with Crippen LogP contribution in [0.2, 0.25) is 0 Å². The van der Waals surface area contributed by atoms with Crippen molar-refractivity contribution in [1.29, 1.82) is 0 Å². The lowest BCUT2D eigenvalue weighted by Gasteiger charge is -2.32. The van der Waals surface area contributed by atoms with Gasteiger partial charge in [-0.25, -0.2) is 4.39 Å². The molecular formula is C13H18FNO2. The third kappa shape index (κ3) is 3.03. The van der Waals surface area contributed by atoms with Gasteiger partial charge in [-0.15, -0.1) is 0 Å². The Morgan fingerprint density at radius 2 is 2.29 bits per heavy atom. The highest BCUT2D eigenvalue weighted by atomic mass is 19.1. The Bertz CT molecular complexity index is 375. The number of halogens is 1. The van der Waals surface area contributed by atoms with Gasteiger partial charge in [0.05, 0.1) is 18.8 Å². The minimum absolute atomic E-state index is 0.0679. The van der Waals surface area contributed by atoms with E-state index in [1.54, 1.807) is 25.1 Å². The van der Waals surface area contributed by atoms with E-state index < -0.39 is 5.60 Å². The van der Waals surface area contributed by atoms with E-state index in [-0.39, 0.29) is 11.9 Å². The summed E-state index contributed by atoms with van der Waals surface area (Å²) in [5, 5.41) is 13.6. The molecule has 2 rings (SSSR count). The Morgan fingerprint density at radius 3 is 2.94 bits per heavy atom. The maximum absolute atomic E-state index is 13.6. The van der Waals surface area contributed by atoms with E-state index in [9.17, 15) is 9.50 Å². The second-order valence-corrected chi connectivity index (χ2v) is 4.68. The summed E-state index contributed by atoms with van der Waals surface area (Å²) in [6.45, 7) is 3.67. The van der Waals surface area contributed by atoms with Crippen LogP contribution in [0.3, 0.4) is 0 Å². The first kappa shape index (κ1) is 12.5. The lowest BCUT2D eigenvalue weighted by atomic mass is 9.88. The van der Waals surface area contributed by atoms with Gasteiger partial charge in [-0.1, -0.05) is 18.2 Å². The Balaban J connectivity index is 2.10. The van der Waals surface area contributed by atoms with Gasteiger partial charge in [0.25, 0.3) is 0 Å². The lowest BCUT2D eigenvalue weighted by molar-refractivity contribution is 0.00112. The molecule has 3 nitrogen and oxygen atoms in total. The predicted molar refractivity (Wildman–Crippen MR) is 63.2 cm³/mol. The van der Waals surface area contributed by atoms with Gasteiger partial charge in [-0.3, -0.25) is 0 Å². The molecule has 0 bridgehead atoms. The molecule has 94 valence electrons. The minimum atomic E-state index is -1.18. The molecule has 1 heterocycles. The van der Waals surface area contributed by atoms with E-state index in [2.05, 4.69) is 5.32 Å². The maximum atomic E-state index is 13.6.